The standard InChI is InChI=1S/C15H30N4/c1-19(2)15(10-7-11-15)12-17-14(16)18-13-8-5-3-4-6-9-13/h13H,3-12H2,1-2H3,(H3,16,17,18). The maximum atomic E-state index is 6.06. The lowest BCUT2D eigenvalue weighted by molar-refractivity contribution is 0.0699. The van der Waals surface area contributed by atoms with Crippen molar-refractivity contribution in [2.75, 3.05) is 20.6 Å². The van der Waals surface area contributed by atoms with Crippen LogP contribution >= 0.6 is 0 Å². The van der Waals surface area contributed by atoms with Gasteiger partial charge in [-0.15, -0.1) is 0 Å². The van der Waals surface area contributed by atoms with Gasteiger partial charge in [0.1, 0.15) is 0 Å². The third-order valence-corrected chi connectivity index (χ3v) is 4.98. The predicted octanol–water partition coefficient (Wildman–Crippen LogP) is 2.10. The molecule has 4 nitrogen and oxygen atoms in total. The quantitative estimate of drug-likeness (QED) is 0.465. The fourth-order valence-electron chi connectivity index (χ4n) is 3.24. The number of guanidine groups is 1. The van der Waals surface area contributed by atoms with Crippen molar-refractivity contribution in [3.8, 4) is 0 Å². The van der Waals surface area contributed by atoms with Crippen LogP contribution in [0, 0.1) is 0 Å². The molecule has 0 aromatic rings. The maximum Gasteiger partial charge on any atom is 0.188 e. The molecule has 0 unspecified atom stereocenters. The zero-order chi connectivity index (χ0) is 13.7. The predicted molar refractivity (Wildman–Crippen MR) is 81.4 cm³/mol. The molecule has 0 heterocycles. The first-order valence-electron chi connectivity index (χ1n) is 7.86. The fraction of sp³-hybridized carbons (Fsp3) is 0.933. The van der Waals surface area contributed by atoms with Gasteiger partial charge in [-0.1, -0.05) is 25.7 Å². The lowest BCUT2D eigenvalue weighted by atomic mass is 9.76. The van der Waals surface area contributed by atoms with Crippen LogP contribution in [0.25, 0.3) is 0 Å². The van der Waals surface area contributed by atoms with E-state index in [9.17, 15) is 0 Å². The highest BCUT2D eigenvalue weighted by Gasteiger charge is 2.38. The number of hydrogen-bond acceptors (Lipinski definition) is 2. The van der Waals surface area contributed by atoms with Crippen LogP contribution in [0.2, 0.25) is 0 Å². The van der Waals surface area contributed by atoms with E-state index in [1.54, 1.807) is 0 Å². The molecule has 0 amide bonds. The van der Waals surface area contributed by atoms with Crippen LogP contribution in [0.3, 0.4) is 0 Å². The van der Waals surface area contributed by atoms with Crippen LogP contribution in [-0.2, 0) is 0 Å². The van der Waals surface area contributed by atoms with Gasteiger partial charge in [0.15, 0.2) is 5.96 Å². The average Bonchev–Trinajstić information content (AvgIpc) is 2.55. The Morgan fingerprint density at radius 3 is 2.26 bits per heavy atom. The molecule has 0 atom stereocenters. The highest BCUT2D eigenvalue weighted by molar-refractivity contribution is 5.78. The summed E-state index contributed by atoms with van der Waals surface area (Å²) in [5, 5.41) is 3.43. The van der Waals surface area contributed by atoms with Crippen molar-refractivity contribution < 1.29 is 0 Å². The zero-order valence-corrected chi connectivity index (χ0v) is 12.6. The first-order chi connectivity index (χ1) is 9.12. The summed E-state index contributed by atoms with van der Waals surface area (Å²) in [6.07, 6.45) is 11.7. The third kappa shape index (κ3) is 3.85. The summed E-state index contributed by atoms with van der Waals surface area (Å²) >= 11 is 0. The number of aliphatic imine (C=N–C) groups is 1. The molecule has 2 aliphatic rings. The summed E-state index contributed by atoms with van der Waals surface area (Å²) < 4.78 is 0. The highest BCUT2D eigenvalue weighted by atomic mass is 15.2. The van der Waals surface area contributed by atoms with Gasteiger partial charge in [0, 0.05) is 11.6 Å². The Morgan fingerprint density at radius 2 is 1.79 bits per heavy atom. The van der Waals surface area contributed by atoms with E-state index >= 15 is 0 Å². The number of rotatable bonds is 4. The van der Waals surface area contributed by atoms with Crippen molar-refractivity contribution in [1.29, 1.82) is 0 Å². The van der Waals surface area contributed by atoms with Crippen LogP contribution in [0.1, 0.15) is 57.8 Å². The molecule has 19 heavy (non-hydrogen) atoms. The van der Waals surface area contributed by atoms with Gasteiger partial charge in [0.2, 0.25) is 0 Å². The molecule has 0 saturated heterocycles. The van der Waals surface area contributed by atoms with E-state index in [0.717, 1.165) is 6.54 Å². The molecular weight excluding hydrogens is 236 g/mol. The topological polar surface area (TPSA) is 53.6 Å². The lowest BCUT2D eigenvalue weighted by Gasteiger charge is -2.46. The van der Waals surface area contributed by atoms with Crippen molar-refractivity contribution in [2.45, 2.75) is 69.4 Å². The van der Waals surface area contributed by atoms with E-state index in [1.165, 1.54) is 57.8 Å². The van der Waals surface area contributed by atoms with Crippen molar-refractivity contribution in [3.05, 3.63) is 0 Å². The van der Waals surface area contributed by atoms with Gasteiger partial charge in [-0.25, -0.2) is 0 Å². The number of hydrogen-bond donors (Lipinski definition) is 2. The Labute approximate surface area is 117 Å². The van der Waals surface area contributed by atoms with Crippen molar-refractivity contribution >= 4 is 5.96 Å². The molecule has 3 N–H and O–H groups in total. The Kier molecular flexibility index (Phi) is 5.08. The molecule has 2 rings (SSSR count). The summed E-state index contributed by atoms with van der Waals surface area (Å²) in [6.45, 7) is 0.839. The van der Waals surface area contributed by atoms with Crippen molar-refractivity contribution in [3.63, 3.8) is 0 Å². The molecule has 110 valence electrons. The van der Waals surface area contributed by atoms with E-state index in [0.29, 0.717) is 12.0 Å². The zero-order valence-electron chi connectivity index (χ0n) is 12.6. The number of likely N-dealkylation sites (N-methyl/N-ethyl adjacent to an activating group) is 1. The summed E-state index contributed by atoms with van der Waals surface area (Å²) in [5.74, 6) is 0.653. The van der Waals surface area contributed by atoms with Gasteiger partial charge in [-0.2, -0.15) is 0 Å². The molecule has 0 spiro atoms. The van der Waals surface area contributed by atoms with Crippen LogP contribution in [0.4, 0.5) is 0 Å². The van der Waals surface area contributed by atoms with Gasteiger partial charge >= 0.3 is 0 Å². The van der Waals surface area contributed by atoms with Crippen LogP contribution < -0.4 is 11.1 Å². The van der Waals surface area contributed by atoms with Gasteiger partial charge in [0.25, 0.3) is 0 Å². The van der Waals surface area contributed by atoms with Crippen LogP contribution in [0.5, 0.6) is 0 Å². The molecule has 2 aliphatic carbocycles. The second kappa shape index (κ2) is 6.60. The van der Waals surface area contributed by atoms with E-state index < -0.39 is 0 Å². The smallest absolute Gasteiger partial charge is 0.188 e. The first kappa shape index (κ1) is 14.6. The normalized spacial score (nSPS) is 24.9. The van der Waals surface area contributed by atoms with Gasteiger partial charge in [0.05, 0.1) is 6.54 Å². The minimum Gasteiger partial charge on any atom is -0.370 e. The molecule has 4 heteroatoms. The monoisotopic (exact) mass is 266 g/mol. The SMILES string of the molecule is CN(C)C1(CN=C(N)NC2CCCCCC2)CCC1. The van der Waals surface area contributed by atoms with Crippen molar-refractivity contribution in [1.82, 2.24) is 10.2 Å². The Bertz CT molecular complexity index is 299. The molecule has 0 bridgehead atoms. The summed E-state index contributed by atoms with van der Waals surface area (Å²) in [6, 6.07) is 0.544. The molecular formula is C15H30N4. The molecule has 0 aliphatic heterocycles. The molecule has 2 fully saturated rings. The molecule has 2 saturated carbocycles. The summed E-state index contributed by atoms with van der Waals surface area (Å²) in [5.41, 5.74) is 6.34. The van der Waals surface area contributed by atoms with Gasteiger partial charge in [-0.3, -0.25) is 4.99 Å². The van der Waals surface area contributed by atoms with Crippen LogP contribution in [-0.4, -0.2) is 43.1 Å². The van der Waals surface area contributed by atoms with Crippen LogP contribution in [0.15, 0.2) is 4.99 Å². The van der Waals surface area contributed by atoms with E-state index in [4.69, 9.17) is 5.73 Å². The third-order valence-electron chi connectivity index (χ3n) is 4.98. The number of nitrogens with two attached hydrogens (primary N) is 1. The largest absolute Gasteiger partial charge is 0.370 e. The van der Waals surface area contributed by atoms with E-state index in [2.05, 4.69) is 29.3 Å². The first-order valence-corrected chi connectivity index (χ1v) is 7.86. The molecule has 0 radical (unpaired) electrons. The second-order valence-electron chi connectivity index (χ2n) is 6.51. The van der Waals surface area contributed by atoms with E-state index in [-0.39, 0.29) is 5.54 Å². The molecule has 0 aromatic heterocycles. The summed E-state index contributed by atoms with van der Waals surface area (Å²) in [7, 11) is 4.31. The second-order valence-corrected chi connectivity index (χ2v) is 6.51. The maximum absolute atomic E-state index is 6.06. The summed E-state index contributed by atoms with van der Waals surface area (Å²) in [4.78, 5) is 6.92. The number of nitrogens with zero attached hydrogens (tertiary/aromatic N) is 2. The van der Waals surface area contributed by atoms with Gasteiger partial charge in [-0.05, 0) is 46.2 Å². The Morgan fingerprint density at radius 1 is 1.16 bits per heavy atom. The Balaban J connectivity index is 1.81. The minimum atomic E-state index is 0.274. The fourth-order valence-corrected chi connectivity index (χ4v) is 3.24. The Hall–Kier alpha value is -0.770. The van der Waals surface area contributed by atoms with Crippen molar-refractivity contribution in [2.24, 2.45) is 10.7 Å². The van der Waals surface area contributed by atoms with E-state index in [1.807, 2.05) is 0 Å². The highest BCUT2D eigenvalue weighted by Crippen LogP contribution is 2.36. The van der Waals surface area contributed by atoms with Gasteiger partial charge < -0.3 is 16.0 Å². The minimum absolute atomic E-state index is 0.274. The average molecular weight is 266 g/mol. The molecule has 0 aromatic carbocycles. The lowest BCUT2D eigenvalue weighted by Crippen LogP contribution is -2.53. The number of nitrogens with one attached hydrogen (secondary N) is 1.